The lowest BCUT2D eigenvalue weighted by molar-refractivity contribution is -0.116. The van der Waals surface area contributed by atoms with Crippen LogP contribution in [0, 0.1) is 6.92 Å². The van der Waals surface area contributed by atoms with E-state index in [1.54, 1.807) is 0 Å². The van der Waals surface area contributed by atoms with Crippen molar-refractivity contribution in [3.8, 4) is 11.1 Å². The molecule has 2 unspecified atom stereocenters. The van der Waals surface area contributed by atoms with E-state index in [2.05, 4.69) is 75.2 Å². The van der Waals surface area contributed by atoms with Gasteiger partial charge in [0, 0.05) is 12.2 Å². The Bertz CT molecular complexity index is 1200. The third-order valence-electron chi connectivity index (χ3n) is 6.26. The van der Waals surface area contributed by atoms with Gasteiger partial charge in [-0.05, 0) is 78.4 Å². The Morgan fingerprint density at radius 3 is 1.97 bits per heavy atom. The van der Waals surface area contributed by atoms with Crippen LogP contribution in [0.15, 0.2) is 60.7 Å². The van der Waals surface area contributed by atoms with Crippen molar-refractivity contribution in [1.29, 1.82) is 0 Å². The number of aryl methyl sites for hydroxylation is 1. The fraction of sp³-hybridized carbons (Fsp3) is 0.367. The monoisotopic (exact) mass is 506 g/mol. The third kappa shape index (κ3) is 6.69. The summed E-state index contributed by atoms with van der Waals surface area (Å²) in [7, 11) is 4.00. The first-order chi connectivity index (χ1) is 17.0. The first-order valence-electron chi connectivity index (χ1n) is 12.4. The van der Waals surface area contributed by atoms with Gasteiger partial charge in [0.1, 0.15) is 0 Å². The number of hydrogen-bond donors (Lipinski definition) is 2. The van der Waals surface area contributed by atoms with Gasteiger partial charge in [-0.15, -0.1) is 0 Å². The first kappa shape index (κ1) is 27.8. The zero-order chi connectivity index (χ0) is 26.6. The Balaban J connectivity index is 2.08. The van der Waals surface area contributed by atoms with Gasteiger partial charge in [0.15, 0.2) is 16.3 Å². The van der Waals surface area contributed by atoms with E-state index in [9.17, 15) is 13.6 Å². The lowest BCUT2D eigenvalue weighted by Crippen LogP contribution is -2.27. The van der Waals surface area contributed by atoms with Crippen molar-refractivity contribution < 1.29 is 13.6 Å². The van der Waals surface area contributed by atoms with Crippen LogP contribution in [0.1, 0.15) is 72.6 Å². The second-order valence-electron chi connectivity index (χ2n) is 10.3. The standard InChI is InChI=1S/C30H38N2O3S/c1-19(2)26-16-24(23-10-8-9-21(5)15-23)17-27(20(3)4)28(26)29(36(34)35)30(33)31-25-13-11-22(12-14-25)18-32(6)7/h8-17,19-20,29H,18H2,1-7H3,(H,31,33)(H,34,35). The van der Waals surface area contributed by atoms with Gasteiger partial charge >= 0.3 is 0 Å². The molecule has 0 heterocycles. The number of carbonyl (C=O) groups is 1. The van der Waals surface area contributed by atoms with Gasteiger partial charge < -0.3 is 14.8 Å². The van der Waals surface area contributed by atoms with Crippen LogP contribution in [0.25, 0.3) is 11.1 Å². The molecule has 3 aromatic carbocycles. The molecule has 0 aliphatic heterocycles. The molecule has 2 atom stereocenters. The van der Waals surface area contributed by atoms with Crippen LogP contribution in [-0.4, -0.2) is 33.7 Å². The Kier molecular flexibility index (Phi) is 9.23. The summed E-state index contributed by atoms with van der Waals surface area (Å²) in [6.07, 6.45) is 0. The van der Waals surface area contributed by atoms with Crippen LogP contribution in [0.3, 0.4) is 0 Å². The summed E-state index contributed by atoms with van der Waals surface area (Å²) in [6.45, 7) is 11.1. The molecule has 192 valence electrons. The molecule has 36 heavy (non-hydrogen) atoms. The molecule has 0 radical (unpaired) electrons. The summed E-state index contributed by atoms with van der Waals surface area (Å²) in [4.78, 5) is 15.6. The molecule has 0 aliphatic rings. The number of nitrogens with one attached hydrogen (secondary N) is 1. The molecule has 0 aromatic heterocycles. The maximum absolute atomic E-state index is 13.5. The molecule has 3 rings (SSSR count). The van der Waals surface area contributed by atoms with Crippen LogP contribution >= 0.6 is 0 Å². The van der Waals surface area contributed by atoms with E-state index >= 15 is 0 Å². The van der Waals surface area contributed by atoms with Gasteiger partial charge in [-0.3, -0.25) is 4.79 Å². The minimum absolute atomic E-state index is 0.0615. The quantitative estimate of drug-likeness (QED) is 0.311. The van der Waals surface area contributed by atoms with E-state index in [1.165, 1.54) is 5.56 Å². The second-order valence-corrected chi connectivity index (χ2v) is 11.4. The van der Waals surface area contributed by atoms with Crippen molar-refractivity contribution in [1.82, 2.24) is 4.90 Å². The van der Waals surface area contributed by atoms with Gasteiger partial charge in [-0.25, -0.2) is 4.21 Å². The normalized spacial score (nSPS) is 13.3. The molecule has 1 amide bonds. The molecule has 5 nitrogen and oxygen atoms in total. The molecule has 0 saturated carbocycles. The molecule has 0 spiro atoms. The van der Waals surface area contributed by atoms with Gasteiger partial charge in [-0.1, -0.05) is 81.8 Å². The summed E-state index contributed by atoms with van der Waals surface area (Å²) in [5.74, 6) is -0.360. The number of hydrogen-bond acceptors (Lipinski definition) is 3. The van der Waals surface area contributed by atoms with Gasteiger partial charge in [0.05, 0.1) is 0 Å². The molecular formula is C30H38N2O3S. The maximum atomic E-state index is 13.5. The van der Waals surface area contributed by atoms with Crippen LogP contribution in [0.4, 0.5) is 5.69 Å². The lowest BCUT2D eigenvalue weighted by Gasteiger charge is -2.26. The number of benzene rings is 3. The average molecular weight is 507 g/mol. The minimum Gasteiger partial charge on any atom is -0.325 e. The largest absolute Gasteiger partial charge is 0.325 e. The van der Waals surface area contributed by atoms with Gasteiger partial charge in [0.25, 0.3) is 0 Å². The minimum atomic E-state index is -2.40. The zero-order valence-electron chi connectivity index (χ0n) is 22.3. The third-order valence-corrected chi connectivity index (χ3v) is 7.11. The number of nitrogens with zero attached hydrogens (tertiary/aromatic N) is 1. The van der Waals surface area contributed by atoms with Crippen molar-refractivity contribution in [2.45, 2.75) is 58.2 Å². The number of anilines is 1. The van der Waals surface area contributed by atoms with E-state index in [4.69, 9.17) is 0 Å². The zero-order valence-corrected chi connectivity index (χ0v) is 23.1. The Morgan fingerprint density at radius 1 is 0.917 bits per heavy atom. The summed E-state index contributed by atoms with van der Waals surface area (Å²) in [5.41, 5.74) is 7.52. The highest BCUT2D eigenvalue weighted by Gasteiger charge is 2.33. The van der Waals surface area contributed by atoms with Crippen LogP contribution in [0.2, 0.25) is 0 Å². The van der Waals surface area contributed by atoms with Crippen molar-refractivity contribution in [2.24, 2.45) is 0 Å². The molecule has 0 aliphatic carbocycles. The molecule has 0 bridgehead atoms. The molecule has 0 saturated heterocycles. The average Bonchev–Trinajstić information content (AvgIpc) is 2.79. The highest BCUT2D eigenvalue weighted by molar-refractivity contribution is 7.80. The van der Waals surface area contributed by atoms with Gasteiger partial charge in [-0.2, -0.15) is 0 Å². The fourth-order valence-electron chi connectivity index (χ4n) is 4.54. The Hall–Kier alpha value is -2.80. The van der Waals surface area contributed by atoms with Crippen LogP contribution < -0.4 is 5.32 Å². The number of amides is 1. The first-order valence-corrected chi connectivity index (χ1v) is 13.5. The molecule has 3 aromatic rings. The summed E-state index contributed by atoms with van der Waals surface area (Å²) in [5, 5.41) is 1.68. The van der Waals surface area contributed by atoms with Crippen molar-refractivity contribution >= 4 is 22.7 Å². The molecule has 0 fully saturated rings. The summed E-state index contributed by atoms with van der Waals surface area (Å²) < 4.78 is 23.1. The van der Waals surface area contributed by atoms with Crippen molar-refractivity contribution in [3.63, 3.8) is 0 Å². The lowest BCUT2D eigenvalue weighted by atomic mass is 9.83. The highest BCUT2D eigenvalue weighted by atomic mass is 32.2. The number of rotatable bonds is 9. The predicted molar refractivity (Wildman–Crippen MR) is 151 cm³/mol. The summed E-state index contributed by atoms with van der Waals surface area (Å²) >= 11 is -2.40. The van der Waals surface area contributed by atoms with Crippen LogP contribution in [0.5, 0.6) is 0 Å². The van der Waals surface area contributed by atoms with Gasteiger partial charge in [0.2, 0.25) is 5.91 Å². The predicted octanol–water partition coefficient (Wildman–Crippen LogP) is 6.87. The molecular weight excluding hydrogens is 468 g/mol. The topological polar surface area (TPSA) is 69.6 Å². The van der Waals surface area contributed by atoms with E-state index < -0.39 is 22.2 Å². The van der Waals surface area contributed by atoms with E-state index in [0.717, 1.165) is 34.4 Å². The maximum Gasteiger partial charge on any atom is 0.247 e. The summed E-state index contributed by atoms with van der Waals surface area (Å²) in [6, 6.07) is 20.0. The highest BCUT2D eigenvalue weighted by Crippen LogP contribution is 2.39. The fourth-order valence-corrected chi connectivity index (χ4v) is 5.25. The van der Waals surface area contributed by atoms with Crippen LogP contribution in [-0.2, 0) is 22.4 Å². The second kappa shape index (κ2) is 12.0. The van der Waals surface area contributed by atoms with Crippen molar-refractivity contribution in [3.05, 3.63) is 88.5 Å². The molecule has 2 N–H and O–H groups in total. The molecule has 6 heteroatoms. The Morgan fingerprint density at radius 2 is 1.50 bits per heavy atom. The smallest absolute Gasteiger partial charge is 0.247 e. The SMILES string of the molecule is Cc1cccc(-c2cc(C(C)C)c(C(C(=O)Nc3ccc(CN(C)C)cc3)S(=O)O)c(C(C)C)c2)c1. The van der Waals surface area contributed by atoms with Crippen molar-refractivity contribution in [2.75, 3.05) is 19.4 Å². The van der Waals surface area contributed by atoms with E-state index in [1.807, 2.05) is 44.4 Å². The Labute approximate surface area is 218 Å². The van der Waals surface area contributed by atoms with E-state index in [-0.39, 0.29) is 11.8 Å². The van der Waals surface area contributed by atoms with E-state index in [0.29, 0.717) is 11.3 Å². The number of carbonyl (C=O) groups excluding carboxylic acids is 1.